The summed E-state index contributed by atoms with van der Waals surface area (Å²) in [5, 5.41) is 0. The number of unbranched alkanes of at least 4 members (excludes halogenated alkanes) is 1. The van der Waals surface area contributed by atoms with Crippen molar-refractivity contribution in [3.8, 4) is 0 Å². The lowest BCUT2D eigenvalue weighted by Gasteiger charge is -2.23. The van der Waals surface area contributed by atoms with Crippen molar-refractivity contribution in [2.45, 2.75) is 25.8 Å². The molecule has 0 aromatic heterocycles. The SMILES string of the molecule is CN=CCCCN=CC1=NC/C=C\[C@@H](C)N(C)C1. The molecule has 1 rings (SSSR count). The highest BCUT2D eigenvalue weighted by Crippen LogP contribution is 2.01. The van der Waals surface area contributed by atoms with Gasteiger partial charge in [0.1, 0.15) is 0 Å². The number of rotatable bonds is 5. The Morgan fingerprint density at radius 2 is 2.39 bits per heavy atom. The van der Waals surface area contributed by atoms with Crippen LogP contribution in [0.2, 0.25) is 0 Å². The molecule has 0 aromatic rings. The van der Waals surface area contributed by atoms with Gasteiger partial charge in [-0.3, -0.25) is 14.9 Å². The predicted molar refractivity (Wildman–Crippen MR) is 80.5 cm³/mol. The first-order valence-electron chi connectivity index (χ1n) is 6.54. The second-order valence-corrected chi connectivity index (χ2v) is 4.53. The maximum Gasteiger partial charge on any atom is 0.0670 e. The van der Waals surface area contributed by atoms with E-state index >= 15 is 0 Å². The summed E-state index contributed by atoms with van der Waals surface area (Å²) in [5.74, 6) is 0. The van der Waals surface area contributed by atoms with E-state index in [0.29, 0.717) is 6.04 Å². The Labute approximate surface area is 110 Å². The number of hydrogen-bond donors (Lipinski definition) is 0. The minimum atomic E-state index is 0.463. The summed E-state index contributed by atoms with van der Waals surface area (Å²) in [7, 11) is 3.92. The Balaban J connectivity index is 2.39. The monoisotopic (exact) mass is 248 g/mol. The summed E-state index contributed by atoms with van der Waals surface area (Å²) in [4.78, 5) is 15.2. The van der Waals surface area contributed by atoms with Gasteiger partial charge in [0.05, 0.1) is 12.3 Å². The third-order valence-corrected chi connectivity index (χ3v) is 2.96. The van der Waals surface area contributed by atoms with Crippen molar-refractivity contribution in [2.24, 2.45) is 15.0 Å². The summed E-state index contributed by atoms with van der Waals surface area (Å²) in [6.45, 7) is 4.67. The van der Waals surface area contributed by atoms with Crippen molar-refractivity contribution < 1.29 is 0 Å². The Morgan fingerprint density at radius 1 is 1.56 bits per heavy atom. The molecule has 0 saturated carbocycles. The van der Waals surface area contributed by atoms with E-state index in [1.54, 1.807) is 7.05 Å². The fraction of sp³-hybridized carbons (Fsp3) is 0.643. The molecule has 0 radical (unpaired) electrons. The zero-order chi connectivity index (χ0) is 13.2. The molecule has 0 unspecified atom stereocenters. The van der Waals surface area contributed by atoms with Gasteiger partial charge in [-0.2, -0.15) is 0 Å². The molecule has 0 fully saturated rings. The maximum atomic E-state index is 4.51. The molecule has 0 aromatic carbocycles. The van der Waals surface area contributed by atoms with Crippen molar-refractivity contribution >= 4 is 18.1 Å². The fourth-order valence-corrected chi connectivity index (χ4v) is 1.68. The van der Waals surface area contributed by atoms with Gasteiger partial charge in [0.25, 0.3) is 0 Å². The van der Waals surface area contributed by atoms with Gasteiger partial charge in [-0.25, -0.2) is 0 Å². The van der Waals surface area contributed by atoms with Crippen LogP contribution in [0.4, 0.5) is 0 Å². The molecule has 18 heavy (non-hydrogen) atoms. The van der Waals surface area contributed by atoms with Crippen LogP contribution in [-0.4, -0.2) is 62.8 Å². The predicted octanol–water partition coefficient (Wildman–Crippen LogP) is 1.87. The summed E-state index contributed by atoms with van der Waals surface area (Å²) in [6.07, 6.45) is 10.2. The highest BCUT2D eigenvalue weighted by atomic mass is 15.1. The van der Waals surface area contributed by atoms with Crippen LogP contribution in [0.15, 0.2) is 27.1 Å². The number of aliphatic imine (C=N–C) groups is 3. The van der Waals surface area contributed by atoms with Crippen molar-refractivity contribution in [1.82, 2.24) is 4.90 Å². The lowest BCUT2D eigenvalue weighted by atomic mass is 10.2. The molecule has 1 atom stereocenters. The van der Waals surface area contributed by atoms with Crippen LogP contribution in [0, 0.1) is 0 Å². The Bertz CT molecular complexity index is 342. The van der Waals surface area contributed by atoms with Crippen LogP contribution >= 0.6 is 0 Å². The highest BCUT2D eigenvalue weighted by molar-refractivity contribution is 6.31. The van der Waals surface area contributed by atoms with Crippen molar-refractivity contribution in [3.63, 3.8) is 0 Å². The van der Waals surface area contributed by atoms with Gasteiger partial charge >= 0.3 is 0 Å². The second kappa shape index (κ2) is 8.75. The summed E-state index contributed by atoms with van der Waals surface area (Å²) in [6, 6.07) is 0.463. The third-order valence-electron chi connectivity index (χ3n) is 2.96. The minimum absolute atomic E-state index is 0.463. The lowest BCUT2D eigenvalue weighted by Crippen LogP contribution is -2.34. The lowest BCUT2D eigenvalue weighted by molar-refractivity contribution is 0.338. The maximum absolute atomic E-state index is 4.51. The van der Waals surface area contributed by atoms with Crippen LogP contribution in [-0.2, 0) is 0 Å². The molecule has 4 heteroatoms. The summed E-state index contributed by atoms with van der Waals surface area (Å²) < 4.78 is 0. The van der Waals surface area contributed by atoms with Crippen molar-refractivity contribution in [2.75, 3.05) is 33.7 Å². The first-order valence-corrected chi connectivity index (χ1v) is 6.54. The fourth-order valence-electron chi connectivity index (χ4n) is 1.68. The quantitative estimate of drug-likeness (QED) is 0.416. The number of nitrogens with zero attached hydrogens (tertiary/aromatic N) is 4. The minimum Gasteiger partial charge on any atom is -0.301 e. The molecule has 4 nitrogen and oxygen atoms in total. The van der Waals surface area contributed by atoms with Gasteiger partial charge in [-0.1, -0.05) is 12.2 Å². The molecule has 0 saturated heterocycles. The first-order chi connectivity index (χ1) is 8.74. The largest absolute Gasteiger partial charge is 0.301 e. The molecule has 0 N–H and O–H groups in total. The Morgan fingerprint density at radius 3 is 3.17 bits per heavy atom. The highest BCUT2D eigenvalue weighted by Gasteiger charge is 2.09. The van der Waals surface area contributed by atoms with Gasteiger partial charge in [0.15, 0.2) is 0 Å². The van der Waals surface area contributed by atoms with Gasteiger partial charge < -0.3 is 4.99 Å². The molecule has 0 aliphatic carbocycles. The van der Waals surface area contributed by atoms with Crippen molar-refractivity contribution in [1.29, 1.82) is 0 Å². The smallest absolute Gasteiger partial charge is 0.0670 e. The van der Waals surface area contributed by atoms with Crippen LogP contribution in [0.5, 0.6) is 0 Å². The van der Waals surface area contributed by atoms with E-state index in [1.165, 1.54) is 0 Å². The van der Waals surface area contributed by atoms with Crippen LogP contribution < -0.4 is 0 Å². The number of hydrogen-bond acceptors (Lipinski definition) is 4. The Kier molecular flexibility index (Phi) is 7.18. The zero-order valence-electron chi connectivity index (χ0n) is 11.7. The van der Waals surface area contributed by atoms with Crippen LogP contribution in [0.25, 0.3) is 0 Å². The third kappa shape index (κ3) is 5.87. The van der Waals surface area contributed by atoms with E-state index < -0.39 is 0 Å². The van der Waals surface area contributed by atoms with E-state index in [-0.39, 0.29) is 0 Å². The van der Waals surface area contributed by atoms with E-state index in [0.717, 1.165) is 38.2 Å². The van der Waals surface area contributed by atoms with E-state index in [1.807, 2.05) is 12.4 Å². The molecule has 0 spiro atoms. The summed E-state index contributed by atoms with van der Waals surface area (Å²) in [5.41, 5.74) is 1.07. The Hall–Kier alpha value is -1.29. The number of likely N-dealkylation sites (N-methyl/N-ethyl adjacent to an activating group) is 1. The van der Waals surface area contributed by atoms with Crippen molar-refractivity contribution in [3.05, 3.63) is 12.2 Å². The molecular formula is C14H24N4. The van der Waals surface area contributed by atoms with Crippen LogP contribution in [0.3, 0.4) is 0 Å². The van der Waals surface area contributed by atoms with E-state index in [4.69, 9.17) is 0 Å². The zero-order valence-corrected chi connectivity index (χ0v) is 11.7. The molecule has 100 valence electrons. The van der Waals surface area contributed by atoms with Gasteiger partial charge in [0, 0.05) is 32.4 Å². The summed E-state index contributed by atoms with van der Waals surface area (Å²) >= 11 is 0. The topological polar surface area (TPSA) is 40.3 Å². The van der Waals surface area contributed by atoms with E-state index in [9.17, 15) is 0 Å². The van der Waals surface area contributed by atoms with E-state index in [2.05, 4.69) is 46.0 Å². The molecule has 1 aliphatic heterocycles. The molecule has 1 heterocycles. The first kappa shape index (κ1) is 14.8. The molecule has 1 aliphatic rings. The van der Waals surface area contributed by atoms with Crippen LogP contribution in [0.1, 0.15) is 19.8 Å². The second-order valence-electron chi connectivity index (χ2n) is 4.53. The molecular weight excluding hydrogens is 224 g/mol. The average molecular weight is 248 g/mol. The van der Waals surface area contributed by atoms with Gasteiger partial charge in [0.2, 0.25) is 0 Å². The van der Waals surface area contributed by atoms with Gasteiger partial charge in [-0.05, 0) is 33.0 Å². The average Bonchev–Trinajstić information content (AvgIpc) is 2.36. The molecule has 0 amide bonds. The standard InChI is InChI=1S/C14H24N4/c1-13-7-6-10-17-14(12-18(13)3)11-16-9-5-4-8-15-2/h6-8,11,13H,4-5,9-10,12H2,1-3H3/b7-6-,15-8?,16-11?,17-14?/t13-/m1/s1. The molecule has 0 bridgehead atoms. The van der Waals surface area contributed by atoms with Gasteiger partial charge in [-0.15, -0.1) is 0 Å². The normalized spacial score (nSPS) is 24.2.